The van der Waals surface area contributed by atoms with Crippen LogP contribution in [0.1, 0.15) is 11.5 Å². The molecule has 2 aromatic rings. The molecule has 34 heavy (non-hydrogen) atoms. The number of rotatable bonds is 6. The normalized spacial score (nSPS) is 25.0. The number of nitrogens with zero attached hydrogens (tertiary/aromatic N) is 3. The lowest BCUT2D eigenvalue weighted by Crippen LogP contribution is -2.73. The number of aliphatic hydroxyl groups excluding tert-OH is 1. The van der Waals surface area contributed by atoms with Gasteiger partial charge in [-0.2, -0.15) is 0 Å². The van der Waals surface area contributed by atoms with Gasteiger partial charge in [0.1, 0.15) is 5.75 Å². The lowest BCUT2D eigenvalue weighted by Gasteiger charge is -2.58. The quantitative estimate of drug-likeness (QED) is 0.690. The number of morpholine rings is 1. The molecule has 2 amide bonds. The van der Waals surface area contributed by atoms with Gasteiger partial charge in [0.05, 0.1) is 52.1 Å². The second-order valence-electron chi connectivity index (χ2n) is 9.16. The van der Waals surface area contributed by atoms with Crippen LogP contribution < -0.4 is 4.74 Å². The Morgan fingerprint density at radius 2 is 1.88 bits per heavy atom. The van der Waals surface area contributed by atoms with Crippen molar-refractivity contribution in [1.82, 2.24) is 14.7 Å². The molecule has 0 bridgehead atoms. The standard InChI is InChI=1S/C26H31N3O5/c1-33-21-4-2-3-20(13-21)18-5-7-19(8-6-18)26-22-14-28(16-25(32)29(22)23(26)17-30)24(31)15-27-9-11-34-12-10-27/h2-8,13,22-23,26,30H,9-12,14-17H2,1H3/t22-,23+,26-/m1/s1. The maximum atomic E-state index is 12.9. The first kappa shape index (κ1) is 22.8. The zero-order chi connectivity index (χ0) is 23.7. The fourth-order valence-electron chi connectivity index (χ4n) is 5.44. The Kier molecular flexibility index (Phi) is 6.54. The Labute approximate surface area is 199 Å². The van der Waals surface area contributed by atoms with Crippen LogP contribution in [0.3, 0.4) is 0 Å². The molecule has 0 saturated carbocycles. The van der Waals surface area contributed by atoms with Crippen LogP contribution >= 0.6 is 0 Å². The Bertz CT molecular complexity index is 1040. The van der Waals surface area contributed by atoms with Gasteiger partial charge >= 0.3 is 0 Å². The van der Waals surface area contributed by atoms with Gasteiger partial charge in [0, 0.05) is 25.6 Å². The van der Waals surface area contributed by atoms with Crippen LogP contribution in [0, 0.1) is 0 Å². The van der Waals surface area contributed by atoms with Crippen molar-refractivity contribution in [2.75, 3.05) is 59.7 Å². The zero-order valence-corrected chi connectivity index (χ0v) is 19.4. The molecular formula is C26H31N3O5. The van der Waals surface area contributed by atoms with E-state index < -0.39 is 0 Å². The Hall–Kier alpha value is -2.94. The second kappa shape index (κ2) is 9.74. The Balaban J connectivity index is 1.31. The predicted molar refractivity (Wildman–Crippen MR) is 127 cm³/mol. The van der Waals surface area contributed by atoms with Crippen LogP contribution in [0.2, 0.25) is 0 Å². The number of aliphatic hydroxyl groups is 1. The monoisotopic (exact) mass is 465 g/mol. The van der Waals surface area contributed by atoms with Crippen molar-refractivity contribution in [2.45, 2.75) is 18.0 Å². The molecule has 3 atom stereocenters. The van der Waals surface area contributed by atoms with Crippen molar-refractivity contribution in [3.05, 3.63) is 54.1 Å². The molecule has 0 aromatic heterocycles. The van der Waals surface area contributed by atoms with Crippen LogP contribution in [-0.4, -0.2) is 103 Å². The first-order chi connectivity index (χ1) is 16.6. The van der Waals surface area contributed by atoms with E-state index in [9.17, 15) is 14.7 Å². The fourth-order valence-corrected chi connectivity index (χ4v) is 5.44. The highest BCUT2D eigenvalue weighted by molar-refractivity contribution is 5.88. The molecule has 3 saturated heterocycles. The molecule has 0 radical (unpaired) electrons. The molecule has 8 nitrogen and oxygen atoms in total. The van der Waals surface area contributed by atoms with Crippen LogP contribution in [0.15, 0.2) is 48.5 Å². The summed E-state index contributed by atoms with van der Waals surface area (Å²) in [5, 5.41) is 10.0. The van der Waals surface area contributed by atoms with Gasteiger partial charge in [-0.05, 0) is 28.8 Å². The van der Waals surface area contributed by atoms with E-state index in [0.29, 0.717) is 26.3 Å². The summed E-state index contributed by atoms with van der Waals surface area (Å²) in [6.45, 7) is 3.53. The first-order valence-electron chi connectivity index (χ1n) is 11.8. The van der Waals surface area contributed by atoms with Gasteiger partial charge in [0.25, 0.3) is 0 Å². The first-order valence-corrected chi connectivity index (χ1v) is 11.8. The summed E-state index contributed by atoms with van der Waals surface area (Å²) >= 11 is 0. The van der Waals surface area contributed by atoms with Crippen LogP contribution in [0.25, 0.3) is 11.1 Å². The minimum absolute atomic E-state index is 0.00713. The summed E-state index contributed by atoms with van der Waals surface area (Å²) < 4.78 is 10.7. The van der Waals surface area contributed by atoms with E-state index in [1.807, 2.05) is 24.3 Å². The predicted octanol–water partition coefficient (Wildman–Crippen LogP) is 1.19. The van der Waals surface area contributed by atoms with Crippen molar-refractivity contribution in [2.24, 2.45) is 0 Å². The van der Waals surface area contributed by atoms with Crippen molar-refractivity contribution in [3.63, 3.8) is 0 Å². The Morgan fingerprint density at radius 3 is 2.59 bits per heavy atom. The minimum atomic E-state index is -0.253. The fraction of sp³-hybridized carbons (Fsp3) is 0.462. The van der Waals surface area contributed by atoms with E-state index in [1.54, 1.807) is 16.9 Å². The van der Waals surface area contributed by atoms with E-state index in [4.69, 9.17) is 9.47 Å². The van der Waals surface area contributed by atoms with Gasteiger partial charge in [0.2, 0.25) is 11.8 Å². The molecular weight excluding hydrogens is 434 g/mol. The molecule has 0 unspecified atom stereocenters. The largest absolute Gasteiger partial charge is 0.497 e. The number of methoxy groups -OCH3 is 1. The number of fused-ring (bicyclic) bond motifs is 1. The summed E-state index contributed by atoms with van der Waals surface area (Å²) in [6.07, 6.45) is 0. The van der Waals surface area contributed by atoms with E-state index >= 15 is 0 Å². The van der Waals surface area contributed by atoms with Crippen LogP contribution in [0.5, 0.6) is 5.75 Å². The number of hydrogen-bond donors (Lipinski definition) is 1. The molecule has 3 aliphatic rings. The Morgan fingerprint density at radius 1 is 1.12 bits per heavy atom. The SMILES string of the molecule is COc1cccc(-c2ccc([C@@H]3[C@H]4CN(C(=O)CN5CCOCC5)CC(=O)N4[C@H]3CO)cc2)c1. The summed E-state index contributed by atoms with van der Waals surface area (Å²) in [5.41, 5.74) is 3.20. The van der Waals surface area contributed by atoms with Gasteiger partial charge in [-0.3, -0.25) is 14.5 Å². The van der Waals surface area contributed by atoms with Crippen molar-refractivity contribution in [3.8, 4) is 16.9 Å². The van der Waals surface area contributed by atoms with Gasteiger partial charge in [-0.1, -0.05) is 36.4 Å². The molecule has 8 heteroatoms. The molecule has 0 aliphatic carbocycles. The highest BCUT2D eigenvalue weighted by atomic mass is 16.5. The van der Waals surface area contributed by atoms with Gasteiger partial charge in [0.15, 0.2) is 0 Å². The van der Waals surface area contributed by atoms with Gasteiger partial charge in [-0.25, -0.2) is 0 Å². The number of carbonyl (C=O) groups is 2. The van der Waals surface area contributed by atoms with E-state index in [-0.39, 0.29) is 43.0 Å². The number of amides is 2. The zero-order valence-electron chi connectivity index (χ0n) is 19.4. The smallest absolute Gasteiger partial charge is 0.242 e. The maximum absolute atomic E-state index is 12.9. The summed E-state index contributed by atoms with van der Waals surface area (Å²) in [7, 11) is 1.65. The molecule has 3 fully saturated rings. The molecule has 180 valence electrons. The van der Waals surface area contributed by atoms with E-state index in [0.717, 1.165) is 35.5 Å². The number of carbonyl (C=O) groups excluding carboxylic acids is 2. The molecule has 3 aliphatic heterocycles. The van der Waals surface area contributed by atoms with Crippen molar-refractivity contribution in [1.29, 1.82) is 0 Å². The topological polar surface area (TPSA) is 82.6 Å². The molecule has 3 heterocycles. The second-order valence-corrected chi connectivity index (χ2v) is 9.16. The number of piperazine rings is 1. The highest BCUT2D eigenvalue weighted by Crippen LogP contribution is 2.43. The number of benzene rings is 2. The van der Waals surface area contributed by atoms with Gasteiger partial charge < -0.3 is 24.4 Å². The third-order valence-electron chi connectivity index (χ3n) is 7.27. The molecule has 5 rings (SSSR count). The molecule has 1 N–H and O–H groups in total. The summed E-state index contributed by atoms with van der Waals surface area (Å²) in [5.74, 6) is 0.691. The summed E-state index contributed by atoms with van der Waals surface area (Å²) in [4.78, 5) is 31.4. The lowest BCUT2D eigenvalue weighted by atomic mass is 9.73. The van der Waals surface area contributed by atoms with Crippen molar-refractivity contribution < 1.29 is 24.2 Å². The third-order valence-corrected chi connectivity index (χ3v) is 7.27. The third kappa shape index (κ3) is 4.29. The average molecular weight is 466 g/mol. The number of ether oxygens (including phenoxy) is 2. The van der Waals surface area contributed by atoms with Crippen LogP contribution in [0.4, 0.5) is 0 Å². The van der Waals surface area contributed by atoms with E-state index in [1.165, 1.54) is 0 Å². The molecule has 2 aromatic carbocycles. The molecule has 0 spiro atoms. The van der Waals surface area contributed by atoms with Crippen LogP contribution in [-0.2, 0) is 14.3 Å². The average Bonchev–Trinajstić information content (AvgIpc) is 2.86. The highest BCUT2D eigenvalue weighted by Gasteiger charge is 2.54. The van der Waals surface area contributed by atoms with E-state index in [2.05, 4.69) is 29.2 Å². The summed E-state index contributed by atoms with van der Waals surface area (Å²) in [6, 6.07) is 15.8. The number of hydrogen-bond acceptors (Lipinski definition) is 6. The van der Waals surface area contributed by atoms with Crippen molar-refractivity contribution >= 4 is 11.8 Å². The minimum Gasteiger partial charge on any atom is -0.497 e. The lowest BCUT2D eigenvalue weighted by molar-refractivity contribution is -0.167. The maximum Gasteiger partial charge on any atom is 0.242 e. The van der Waals surface area contributed by atoms with Gasteiger partial charge in [-0.15, -0.1) is 0 Å².